The van der Waals surface area contributed by atoms with E-state index in [0.717, 1.165) is 22.0 Å². The number of aryl methyl sites for hydroxylation is 1. The SMILES string of the molecule is Cc1ccc(C(NN)c2cccc3ncccc23)c(F)c1. The Morgan fingerprint density at radius 2 is 1.95 bits per heavy atom. The van der Waals surface area contributed by atoms with E-state index in [1.165, 1.54) is 6.07 Å². The molecule has 2 aromatic carbocycles. The van der Waals surface area contributed by atoms with Gasteiger partial charge in [-0.1, -0.05) is 30.3 Å². The summed E-state index contributed by atoms with van der Waals surface area (Å²) in [6.07, 6.45) is 1.74. The van der Waals surface area contributed by atoms with E-state index >= 15 is 0 Å². The number of hydrogen-bond donors (Lipinski definition) is 2. The van der Waals surface area contributed by atoms with Crippen molar-refractivity contribution < 1.29 is 4.39 Å². The molecule has 4 heteroatoms. The highest BCUT2D eigenvalue weighted by Crippen LogP contribution is 2.29. The van der Waals surface area contributed by atoms with Gasteiger partial charge in [-0.25, -0.2) is 9.82 Å². The molecule has 106 valence electrons. The van der Waals surface area contributed by atoms with E-state index in [0.29, 0.717) is 5.56 Å². The number of nitrogens with zero attached hydrogens (tertiary/aromatic N) is 1. The second-order valence-electron chi connectivity index (χ2n) is 5.04. The van der Waals surface area contributed by atoms with Gasteiger partial charge in [0, 0.05) is 17.1 Å². The maximum absolute atomic E-state index is 14.3. The number of nitrogens with two attached hydrogens (primary N) is 1. The first-order valence-electron chi connectivity index (χ1n) is 6.76. The maximum Gasteiger partial charge on any atom is 0.128 e. The van der Waals surface area contributed by atoms with Crippen LogP contribution in [0.2, 0.25) is 0 Å². The summed E-state index contributed by atoms with van der Waals surface area (Å²) in [5, 5.41) is 0.961. The van der Waals surface area contributed by atoms with Crippen molar-refractivity contribution in [2.45, 2.75) is 13.0 Å². The largest absolute Gasteiger partial charge is 0.271 e. The van der Waals surface area contributed by atoms with Crippen LogP contribution in [-0.2, 0) is 0 Å². The second kappa shape index (κ2) is 5.60. The number of halogens is 1. The smallest absolute Gasteiger partial charge is 0.128 e. The van der Waals surface area contributed by atoms with Crippen LogP contribution in [0.15, 0.2) is 54.7 Å². The Morgan fingerprint density at radius 3 is 2.71 bits per heavy atom. The number of pyridine rings is 1. The normalized spacial score (nSPS) is 12.5. The summed E-state index contributed by atoms with van der Waals surface area (Å²) in [4.78, 5) is 4.33. The Labute approximate surface area is 122 Å². The van der Waals surface area contributed by atoms with Gasteiger partial charge < -0.3 is 0 Å². The summed E-state index contributed by atoms with van der Waals surface area (Å²) in [7, 11) is 0. The van der Waals surface area contributed by atoms with Crippen molar-refractivity contribution in [3.63, 3.8) is 0 Å². The lowest BCUT2D eigenvalue weighted by molar-refractivity contribution is 0.561. The Morgan fingerprint density at radius 1 is 1.10 bits per heavy atom. The first-order valence-corrected chi connectivity index (χ1v) is 6.76. The molecule has 0 aliphatic carbocycles. The van der Waals surface area contributed by atoms with Gasteiger partial charge in [0.1, 0.15) is 5.82 Å². The molecule has 0 bridgehead atoms. The third kappa shape index (κ3) is 2.51. The predicted molar refractivity (Wildman–Crippen MR) is 82.0 cm³/mol. The fraction of sp³-hybridized carbons (Fsp3) is 0.118. The molecule has 0 amide bonds. The lowest BCUT2D eigenvalue weighted by Crippen LogP contribution is -2.29. The van der Waals surface area contributed by atoms with Crippen molar-refractivity contribution in [2.75, 3.05) is 0 Å². The van der Waals surface area contributed by atoms with Gasteiger partial charge in [0.05, 0.1) is 11.6 Å². The highest BCUT2D eigenvalue weighted by Gasteiger charge is 2.18. The summed E-state index contributed by atoms with van der Waals surface area (Å²) in [6, 6.07) is 14.4. The van der Waals surface area contributed by atoms with E-state index in [9.17, 15) is 4.39 Å². The fourth-order valence-corrected chi connectivity index (χ4v) is 2.59. The van der Waals surface area contributed by atoms with E-state index < -0.39 is 6.04 Å². The summed E-state index contributed by atoms with van der Waals surface area (Å²) < 4.78 is 14.3. The molecule has 1 heterocycles. The van der Waals surface area contributed by atoms with Crippen LogP contribution in [0, 0.1) is 12.7 Å². The molecule has 3 aromatic rings. The van der Waals surface area contributed by atoms with Gasteiger partial charge in [-0.05, 0) is 36.2 Å². The van der Waals surface area contributed by atoms with E-state index in [2.05, 4.69) is 10.4 Å². The van der Waals surface area contributed by atoms with Crippen LogP contribution >= 0.6 is 0 Å². The monoisotopic (exact) mass is 281 g/mol. The molecule has 1 aromatic heterocycles. The van der Waals surface area contributed by atoms with E-state index in [-0.39, 0.29) is 5.82 Å². The van der Waals surface area contributed by atoms with Crippen molar-refractivity contribution in [2.24, 2.45) is 5.84 Å². The minimum absolute atomic E-state index is 0.265. The maximum atomic E-state index is 14.3. The fourth-order valence-electron chi connectivity index (χ4n) is 2.59. The average Bonchev–Trinajstić information content (AvgIpc) is 2.50. The van der Waals surface area contributed by atoms with Crippen molar-refractivity contribution in [3.8, 4) is 0 Å². The van der Waals surface area contributed by atoms with Gasteiger partial charge in [-0.3, -0.25) is 10.8 Å². The Kier molecular flexibility index (Phi) is 3.64. The predicted octanol–water partition coefficient (Wildman–Crippen LogP) is 3.24. The third-order valence-electron chi connectivity index (χ3n) is 3.62. The van der Waals surface area contributed by atoms with Crippen LogP contribution in [0.25, 0.3) is 10.9 Å². The van der Waals surface area contributed by atoms with Crippen molar-refractivity contribution in [1.82, 2.24) is 10.4 Å². The van der Waals surface area contributed by atoms with Crippen LogP contribution in [0.4, 0.5) is 4.39 Å². The molecular formula is C17H16FN3. The van der Waals surface area contributed by atoms with Crippen molar-refractivity contribution >= 4 is 10.9 Å². The zero-order valence-electron chi connectivity index (χ0n) is 11.7. The average molecular weight is 281 g/mol. The molecule has 0 radical (unpaired) electrons. The summed E-state index contributed by atoms with van der Waals surface area (Å²) in [6.45, 7) is 1.86. The number of hydrazine groups is 1. The van der Waals surface area contributed by atoms with Crippen LogP contribution in [0.3, 0.4) is 0 Å². The highest BCUT2D eigenvalue weighted by molar-refractivity contribution is 5.83. The molecule has 1 atom stereocenters. The summed E-state index contributed by atoms with van der Waals surface area (Å²) in [5.41, 5.74) is 5.90. The summed E-state index contributed by atoms with van der Waals surface area (Å²) >= 11 is 0. The Bertz CT molecular complexity index is 781. The molecule has 1 unspecified atom stereocenters. The zero-order chi connectivity index (χ0) is 14.8. The van der Waals surface area contributed by atoms with E-state index in [4.69, 9.17) is 5.84 Å². The first kappa shape index (κ1) is 13.7. The number of fused-ring (bicyclic) bond motifs is 1. The van der Waals surface area contributed by atoms with E-state index in [1.54, 1.807) is 12.3 Å². The van der Waals surface area contributed by atoms with Crippen molar-refractivity contribution in [1.29, 1.82) is 0 Å². The molecule has 3 rings (SSSR count). The molecule has 0 saturated carbocycles. The van der Waals surface area contributed by atoms with Gasteiger partial charge in [0.25, 0.3) is 0 Å². The first-order chi connectivity index (χ1) is 10.2. The molecule has 21 heavy (non-hydrogen) atoms. The molecular weight excluding hydrogens is 265 g/mol. The molecule has 0 aliphatic rings. The third-order valence-corrected chi connectivity index (χ3v) is 3.62. The molecule has 0 saturated heterocycles. The minimum atomic E-state index is -0.418. The van der Waals surface area contributed by atoms with Crippen LogP contribution < -0.4 is 11.3 Å². The van der Waals surface area contributed by atoms with E-state index in [1.807, 2.05) is 43.3 Å². The van der Waals surface area contributed by atoms with Crippen LogP contribution in [-0.4, -0.2) is 4.98 Å². The van der Waals surface area contributed by atoms with Gasteiger partial charge in [-0.2, -0.15) is 0 Å². The van der Waals surface area contributed by atoms with Crippen LogP contribution in [0.5, 0.6) is 0 Å². The van der Waals surface area contributed by atoms with Crippen LogP contribution in [0.1, 0.15) is 22.7 Å². The zero-order valence-corrected chi connectivity index (χ0v) is 11.7. The lowest BCUT2D eigenvalue weighted by atomic mass is 9.94. The number of nitrogens with one attached hydrogen (secondary N) is 1. The van der Waals surface area contributed by atoms with Gasteiger partial charge in [-0.15, -0.1) is 0 Å². The Hall–Kier alpha value is -2.30. The van der Waals surface area contributed by atoms with Gasteiger partial charge in [0.2, 0.25) is 0 Å². The second-order valence-corrected chi connectivity index (χ2v) is 5.04. The molecule has 0 spiro atoms. The molecule has 3 nitrogen and oxygen atoms in total. The molecule has 0 fully saturated rings. The Balaban J connectivity index is 2.18. The minimum Gasteiger partial charge on any atom is -0.271 e. The number of hydrogen-bond acceptors (Lipinski definition) is 3. The topological polar surface area (TPSA) is 50.9 Å². The van der Waals surface area contributed by atoms with Gasteiger partial charge >= 0.3 is 0 Å². The molecule has 3 N–H and O–H groups in total. The quantitative estimate of drug-likeness (QED) is 0.572. The summed E-state index contributed by atoms with van der Waals surface area (Å²) in [5.74, 6) is 5.43. The number of benzene rings is 2. The highest BCUT2D eigenvalue weighted by atomic mass is 19.1. The van der Waals surface area contributed by atoms with Crippen molar-refractivity contribution in [3.05, 3.63) is 77.2 Å². The number of aromatic nitrogens is 1. The lowest BCUT2D eigenvalue weighted by Gasteiger charge is -2.19. The standard InChI is InChI=1S/C17H16FN3/c1-11-7-8-14(15(18)10-11)17(21-19)13-4-2-6-16-12(13)5-3-9-20-16/h2-10,17,21H,19H2,1H3. The molecule has 0 aliphatic heterocycles. The number of rotatable bonds is 3. The van der Waals surface area contributed by atoms with Gasteiger partial charge in [0.15, 0.2) is 0 Å².